The molecule has 0 fully saturated rings. The zero-order valence-corrected chi connectivity index (χ0v) is 8.33. The van der Waals surface area contributed by atoms with Gasteiger partial charge in [0.25, 0.3) is 0 Å². The van der Waals surface area contributed by atoms with Crippen LogP contribution in [0.4, 0.5) is 0 Å². The summed E-state index contributed by atoms with van der Waals surface area (Å²) in [5.74, 6) is 0. The molecular formula is C8H17NS. The molecule has 0 radical (unpaired) electrons. The predicted octanol–water partition coefficient (Wildman–Crippen LogP) is 2.61. The van der Waals surface area contributed by atoms with Crippen molar-refractivity contribution in [2.45, 2.75) is 38.5 Å². The summed E-state index contributed by atoms with van der Waals surface area (Å²) in [6.07, 6.45) is 4.13. The van der Waals surface area contributed by atoms with E-state index in [1.54, 1.807) is 0 Å². The molecule has 0 spiro atoms. The molecule has 0 rings (SSSR count). The minimum absolute atomic E-state index is 0.199. The van der Waals surface area contributed by atoms with E-state index >= 15 is 0 Å². The Kier molecular flexibility index (Phi) is 4.02. The highest BCUT2D eigenvalue weighted by molar-refractivity contribution is 8.00. The molecule has 1 nitrogen and oxygen atoms in total. The summed E-state index contributed by atoms with van der Waals surface area (Å²) in [4.78, 5) is 4.32. The van der Waals surface area contributed by atoms with Gasteiger partial charge in [-0.2, -0.15) is 11.8 Å². The molecule has 0 atom stereocenters. The molecule has 0 saturated heterocycles. The largest absolute Gasteiger partial charge is 0.293 e. The van der Waals surface area contributed by atoms with Crippen LogP contribution in [0.1, 0.15) is 27.7 Å². The molecular weight excluding hydrogens is 142 g/mol. The number of hydrogen-bond donors (Lipinski definition) is 0. The van der Waals surface area contributed by atoms with Gasteiger partial charge >= 0.3 is 0 Å². The van der Waals surface area contributed by atoms with Gasteiger partial charge in [0, 0.05) is 17.0 Å². The van der Waals surface area contributed by atoms with E-state index in [2.05, 4.69) is 38.9 Å². The first-order valence-electron chi connectivity index (χ1n) is 3.57. The van der Waals surface area contributed by atoms with Gasteiger partial charge in [0.1, 0.15) is 0 Å². The van der Waals surface area contributed by atoms with Crippen LogP contribution in [-0.2, 0) is 0 Å². The van der Waals surface area contributed by atoms with Crippen LogP contribution in [0.25, 0.3) is 0 Å². The third-order valence-corrected chi connectivity index (χ3v) is 2.37. The molecule has 0 bridgehead atoms. The SMILES string of the molecule is CSC(C)(C)C=NC(C)C. The first kappa shape index (κ1) is 10.0. The topological polar surface area (TPSA) is 12.4 Å². The second-order valence-corrected chi connectivity index (χ2v) is 4.64. The molecule has 2 heteroatoms. The zero-order chi connectivity index (χ0) is 8.20. The third kappa shape index (κ3) is 4.86. The molecule has 10 heavy (non-hydrogen) atoms. The summed E-state index contributed by atoms with van der Waals surface area (Å²) in [6.45, 7) is 8.52. The highest BCUT2D eigenvalue weighted by Gasteiger charge is 2.11. The first-order valence-corrected chi connectivity index (χ1v) is 4.80. The van der Waals surface area contributed by atoms with Crippen molar-refractivity contribution in [2.24, 2.45) is 4.99 Å². The second kappa shape index (κ2) is 4.02. The Balaban J connectivity index is 3.86. The molecule has 60 valence electrons. The van der Waals surface area contributed by atoms with Crippen LogP contribution in [-0.4, -0.2) is 23.3 Å². The van der Waals surface area contributed by atoms with Gasteiger partial charge < -0.3 is 0 Å². The summed E-state index contributed by atoms with van der Waals surface area (Å²) in [7, 11) is 0. The summed E-state index contributed by atoms with van der Waals surface area (Å²) in [5, 5.41) is 0. The molecule has 0 saturated carbocycles. The van der Waals surface area contributed by atoms with Crippen LogP contribution in [0, 0.1) is 0 Å². The molecule has 0 aliphatic rings. The average molecular weight is 159 g/mol. The molecule has 0 aromatic rings. The summed E-state index contributed by atoms with van der Waals surface area (Å²) >= 11 is 1.82. The van der Waals surface area contributed by atoms with E-state index in [1.807, 2.05) is 18.0 Å². The Bertz CT molecular complexity index is 116. The van der Waals surface area contributed by atoms with E-state index in [0.29, 0.717) is 6.04 Å². The van der Waals surface area contributed by atoms with Gasteiger partial charge in [-0.1, -0.05) is 0 Å². The Morgan fingerprint density at radius 2 is 1.90 bits per heavy atom. The van der Waals surface area contributed by atoms with Gasteiger partial charge in [-0.15, -0.1) is 0 Å². The normalized spacial score (nSPS) is 13.4. The van der Waals surface area contributed by atoms with Crippen molar-refractivity contribution >= 4 is 18.0 Å². The van der Waals surface area contributed by atoms with Gasteiger partial charge in [0.15, 0.2) is 0 Å². The average Bonchev–Trinajstić information content (AvgIpc) is 1.85. The van der Waals surface area contributed by atoms with E-state index in [9.17, 15) is 0 Å². The minimum Gasteiger partial charge on any atom is -0.293 e. The Morgan fingerprint density at radius 3 is 2.20 bits per heavy atom. The summed E-state index contributed by atoms with van der Waals surface area (Å²) in [5.41, 5.74) is 0. The lowest BCUT2D eigenvalue weighted by atomic mass is 10.2. The smallest absolute Gasteiger partial charge is 0.0448 e. The standard InChI is InChI=1S/C8H17NS/c1-7(2)9-6-8(3,4)10-5/h6-7H,1-5H3. The fourth-order valence-electron chi connectivity index (χ4n) is 0.381. The van der Waals surface area contributed by atoms with Crippen LogP contribution in [0.5, 0.6) is 0 Å². The Hall–Kier alpha value is 0.0200. The maximum atomic E-state index is 4.32. The lowest BCUT2D eigenvalue weighted by Gasteiger charge is -2.15. The third-order valence-electron chi connectivity index (χ3n) is 1.21. The molecule has 0 amide bonds. The van der Waals surface area contributed by atoms with Gasteiger partial charge in [-0.05, 0) is 34.0 Å². The zero-order valence-electron chi connectivity index (χ0n) is 7.51. The number of rotatable bonds is 3. The monoisotopic (exact) mass is 159 g/mol. The lowest BCUT2D eigenvalue weighted by molar-refractivity contribution is 0.824. The Labute approximate surface area is 68.3 Å². The molecule has 0 aliphatic carbocycles. The van der Waals surface area contributed by atoms with Crippen molar-refractivity contribution in [2.75, 3.05) is 6.26 Å². The minimum atomic E-state index is 0.199. The quantitative estimate of drug-likeness (QED) is 0.577. The molecule has 0 aromatic heterocycles. The second-order valence-electron chi connectivity index (χ2n) is 3.18. The van der Waals surface area contributed by atoms with E-state index in [4.69, 9.17) is 0 Å². The molecule has 0 aliphatic heterocycles. The fourth-order valence-corrected chi connectivity index (χ4v) is 0.548. The van der Waals surface area contributed by atoms with Crippen molar-refractivity contribution in [3.05, 3.63) is 0 Å². The first-order chi connectivity index (χ1) is 4.48. The van der Waals surface area contributed by atoms with Crippen molar-refractivity contribution in [3.8, 4) is 0 Å². The van der Waals surface area contributed by atoms with Gasteiger partial charge in [-0.3, -0.25) is 4.99 Å². The van der Waals surface area contributed by atoms with Crippen molar-refractivity contribution in [1.29, 1.82) is 0 Å². The predicted molar refractivity (Wildman–Crippen MR) is 51.2 cm³/mol. The van der Waals surface area contributed by atoms with E-state index in [-0.39, 0.29) is 4.75 Å². The molecule has 0 N–H and O–H groups in total. The summed E-state index contributed by atoms with van der Waals surface area (Å²) in [6, 6.07) is 0.423. The van der Waals surface area contributed by atoms with Gasteiger partial charge in [0.2, 0.25) is 0 Å². The highest BCUT2D eigenvalue weighted by Crippen LogP contribution is 2.18. The molecule has 0 heterocycles. The summed E-state index contributed by atoms with van der Waals surface area (Å²) < 4.78 is 0.199. The van der Waals surface area contributed by atoms with Crippen LogP contribution in [0.2, 0.25) is 0 Å². The highest BCUT2D eigenvalue weighted by atomic mass is 32.2. The number of thioether (sulfide) groups is 1. The number of hydrogen-bond acceptors (Lipinski definition) is 2. The van der Waals surface area contributed by atoms with Crippen LogP contribution < -0.4 is 0 Å². The number of aliphatic imine (C=N–C) groups is 1. The lowest BCUT2D eigenvalue weighted by Crippen LogP contribution is -2.16. The number of nitrogens with zero attached hydrogens (tertiary/aromatic N) is 1. The van der Waals surface area contributed by atoms with Crippen molar-refractivity contribution < 1.29 is 0 Å². The van der Waals surface area contributed by atoms with E-state index in [1.165, 1.54) is 0 Å². The van der Waals surface area contributed by atoms with Crippen molar-refractivity contribution in [1.82, 2.24) is 0 Å². The van der Waals surface area contributed by atoms with E-state index in [0.717, 1.165) is 0 Å². The maximum absolute atomic E-state index is 4.32. The molecule has 0 unspecified atom stereocenters. The van der Waals surface area contributed by atoms with Crippen LogP contribution in [0.15, 0.2) is 4.99 Å². The van der Waals surface area contributed by atoms with Crippen LogP contribution >= 0.6 is 11.8 Å². The van der Waals surface area contributed by atoms with Crippen molar-refractivity contribution in [3.63, 3.8) is 0 Å². The van der Waals surface area contributed by atoms with E-state index < -0.39 is 0 Å². The van der Waals surface area contributed by atoms with Crippen LogP contribution in [0.3, 0.4) is 0 Å². The molecule has 0 aromatic carbocycles. The Morgan fingerprint density at radius 1 is 1.40 bits per heavy atom. The van der Waals surface area contributed by atoms with Gasteiger partial charge in [-0.25, -0.2) is 0 Å². The van der Waals surface area contributed by atoms with Gasteiger partial charge in [0.05, 0.1) is 0 Å². The fraction of sp³-hybridized carbons (Fsp3) is 0.875. The maximum Gasteiger partial charge on any atom is 0.0448 e.